The number of hydrogen-bond donors (Lipinski definition) is 0. The zero-order valence-electron chi connectivity index (χ0n) is 26.4. The highest BCUT2D eigenvalue weighted by Gasteiger charge is 2.56. The van der Waals surface area contributed by atoms with E-state index in [0.29, 0.717) is 35.6 Å². The van der Waals surface area contributed by atoms with Crippen molar-refractivity contribution in [1.82, 2.24) is 4.48 Å². The van der Waals surface area contributed by atoms with Crippen LogP contribution in [0.25, 0.3) is 27.1 Å². The fourth-order valence-corrected chi connectivity index (χ4v) is 8.51. The summed E-state index contributed by atoms with van der Waals surface area (Å²) in [5, 5.41) is 4.46. The first-order valence-electron chi connectivity index (χ1n) is 15.6. The SMILES string of the molecule is CCC1=C(C)C2=C(c3ccc(C#Cc4c5ccccc5c(Br)c5ccccc45)cc3)c3c(C)c(CC)c(C)n3[B-](F)(F)[N+]2=C1C. The second-order valence-corrected chi connectivity index (χ2v) is 12.9. The Bertz CT molecular complexity index is 2200. The molecule has 0 N–H and O–H groups in total. The third-order valence-corrected chi connectivity index (χ3v) is 10.7. The van der Waals surface area contributed by atoms with Crippen LogP contribution in [0.1, 0.15) is 73.3 Å². The molecule has 7 rings (SSSR count). The molecule has 224 valence electrons. The van der Waals surface area contributed by atoms with Crippen LogP contribution in [0, 0.1) is 25.7 Å². The van der Waals surface area contributed by atoms with E-state index >= 15 is 8.63 Å². The molecule has 2 nitrogen and oxygen atoms in total. The molecule has 2 aliphatic rings. The lowest BCUT2D eigenvalue weighted by Gasteiger charge is -2.34. The summed E-state index contributed by atoms with van der Waals surface area (Å²) in [5.74, 6) is 6.90. The van der Waals surface area contributed by atoms with E-state index in [1.165, 1.54) is 8.96 Å². The zero-order chi connectivity index (χ0) is 31.8. The first-order chi connectivity index (χ1) is 21.6. The molecule has 2 aliphatic heterocycles. The summed E-state index contributed by atoms with van der Waals surface area (Å²) in [6.07, 6.45) is 1.41. The molecule has 1 aromatic heterocycles. The zero-order valence-corrected chi connectivity index (χ0v) is 28.0. The normalized spacial score (nSPS) is 15.6. The van der Waals surface area contributed by atoms with Gasteiger partial charge in [-0.3, -0.25) is 0 Å². The van der Waals surface area contributed by atoms with E-state index in [9.17, 15) is 0 Å². The van der Waals surface area contributed by atoms with Gasteiger partial charge in [0.1, 0.15) is 5.71 Å². The summed E-state index contributed by atoms with van der Waals surface area (Å²) in [6, 6.07) is 24.8. The van der Waals surface area contributed by atoms with Crippen LogP contribution in [0.5, 0.6) is 0 Å². The van der Waals surface area contributed by atoms with Crippen molar-refractivity contribution in [2.45, 2.75) is 54.4 Å². The molecule has 6 heteroatoms. The largest absolute Gasteiger partial charge is 0.737 e. The Morgan fingerprint density at radius 1 is 0.778 bits per heavy atom. The van der Waals surface area contributed by atoms with Gasteiger partial charge in [-0.15, -0.1) is 0 Å². The number of aromatic nitrogens is 1. The number of fused-ring (bicyclic) bond motifs is 4. The van der Waals surface area contributed by atoms with Crippen molar-refractivity contribution in [3.8, 4) is 11.8 Å². The van der Waals surface area contributed by atoms with Crippen LogP contribution in [-0.4, -0.2) is 21.6 Å². The summed E-state index contributed by atoms with van der Waals surface area (Å²) in [5.41, 5.74) is 10.1. The Morgan fingerprint density at radius 3 is 1.91 bits per heavy atom. The summed E-state index contributed by atoms with van der Waals surface area (Å²) in [4.78, 5) is 0. The lowest BCUT2D eigenvalue weighted by Crippen LogP contribution is -2.51. The molecule has 5 aromatic rings. The second-order valence-electron chi connectivity index (χ2n) is 12.1. The molecule has 45 heavy (non-hydrogen) atoms. The molecular formula is C39H34BBrF2N2. The number of halogens is 3. The first kappa shape index (κ1) is 29.5. The van der Waals surface area contributed by atoms with Gasteiger partial charge in [-0.25, -0.2) is 0 Å². The molecule has 4 aromatic carbocycles. The van der Waals surface area contributed by atoms with Crippen molar-refractivity contribution in [1.29, 1.82) is 0 Å². The van der Waals surface area contributed by atoms with Crippen LogP contribution in [0.4, 0.5) is 8.63 Å². The van der Waals surface area contributed by atoms with Gasteiger partial charge in [0.25, 0.3) is 0 Å². The maximum Gasteiger partial charge on any atom is 0.737 e. The molecule has 0 amide bonds. The van der Waals surface area contributed by atoms with Gasteiger partial charge in [-0.2, -0.15) is 0 Å². The van der Waals surface area contributed by atoms with Gasteiger partial charge in [-0.05, 0) is 106 Å². The summed E-state index contributed by atoms with van der Waals surface area (Å²) in [7, 11) is 0. The van der Waals surface area contributed by atoms with E-state index in [0.717, 1.165) is 70.6 Å². The Balaban J connectivity index is 1.41. The molecule has 0 saturated carbocycles. The minimum atomic E-state index is -4.05. The monoisotopic (exact) mass is 658 g/mol. The van der Waals surface area contributed by atoms with Crippen LogP contribution < -0.4 is 0 Å². The van der Waals surface area contributed by atoms with Crippen LogP contribution in [0.2, 0.25) is 0 Å². The molecule has 0 radical (unpaired) electrons. The van der Waals surface area contributed by atoms with Gasteiger partial charge in [0, 0.05) is 39.4 Å². The molecule has 0 atom stereocenters. The molecule has 0 saturated heterocycles. The molecule has 0 spiro atoms. The maximum absolute atomic E-state index is 16.6. The van der Waals surface area contributed by atoms with Crippen molar-refractivity contribution >= 4 is 55.7 Å². The number of allylic oxidation sites excluding steroid dienone is 2. The standard InChI is InChI=1S/C39H34BBrF2N2/c1-7-29-23(3)38-36(39-24(4)30(8-2)26(6)45(39)40(42,43)44(38)25(29)5)28-20-17-27(18-21-28)19-22-33-31-13-9-11-15-34(31)37(41)35-16-12-10-14-32(33)35/h9-18,20-21H,7-8H2,1-6H3. The average Bonchev–Trinajstić information content (AvgIpc) is 3.46. The third kappa shape index (κ3) is 4.17. The second kappa shape index (κ2) is 10.7. The predicted octanol–water partition coefficient (Wildman–Crippen LogP) is 10.3. The Hall–Kier alpha value is -4.21. The van der Waals surface area contributed by atoms with E-state index in [1.54, 1.807) is 0 Å². The van der Waals surface area contributed by atoms with Crippen molar-refractivity contribution in [3.05, 3.63) is 133 Å². The van der Waals surface area contributed by atoms with E-state index in [-0.39, 0.29) is 0 Å². The lowest BCUT2D eigenvalue weighted by molar-refractivity contribution is -0.363. The van der Waals surface area contributed by atoms with Crippen LogP contribution in [0.15, 0.2) is 94.1 Å². The Kier molecular flexibility index (Phi) is 7.02. The number of nitrogens with zero attached hydrogens (tertiary/aromatic N) is 2. The fraction of sp³-hybridized carbons (Fsp3) is 0.205. The van der Waals surface area contributed by atoms with Gasteiger partial charge in [0.2, 0.25) is 0 Å². The predicted molar refractivity (Wildman–Crippen MR) is 188 cm³/mol. The third-order valence-electron chi connectivity index (χ3n) is 9.87. The summed E-state index contributed by atoms with van der Waals surface area (Å²) in [6.45, 7) is 7.72. The van der Waals surface area contributed by atoms with Crippen molar-refractivity contribution in [3.63, 3.8) is 0 Å². The fourth-order valence-electron chi connectivity index (χ4n) is 7.82. The summed E-state index contributed by atoms with van der Waals surface area (Å²) < 4.78 is 36.9. The number of rotatable bonds is 3. The van der Waals surface area contributed by atoms with Crippen molar-refractivity contribution in [2.24, 2.45) is 0 Å². The highest BCUT2D eigenvalue weighted by atomic mass is 79.9. The molecule has 3 heterocycles. The van der Waals surface area contributed by atoms with Crippen molar-refractivity contribution in [2.75, 3.05) is 0 Å². The highest BCUT2D eigenvalue weighted by molar-refractivity contribution is 9.10. The van der Waals surface area contributed by atoms with Crippen LogP contribution >= 0.6 is 15.9 Å². The molecule has 0 aliphatic carbocycles. The van der Waals surface area contributed by atoms with E-state index in [2.05, 4.69) is 52.0 Å². The quantitative estimate of drug-likeness (QED) is 0.104. The number of hydrogen-bond acceptors (Lipinski definition) is 0. The average molecular weight is 659 g/mol. The van der Waals surface area contributed by atoms with Gasteiger partial charge >= 0.3 is 6.97 Å². The maximum atomic E-state index is 16.6. The minimum absolute atomic E-state index is 0.636. The van der Waals surface area contributed by atoms with Crippen LogP contribution in [-0.2, 0) is 6.42 Å². The first-order valence-corrected chi connectivity index (χ1v) is 16.4. The van der Waals surface area contributed by atoms with Gasteiger partial charge in [0.05, 0.1) is 5.57 Å². The summed E-state index contributed by atoms with van der Waals surface area (Å²) >= 11 is 3.82. The van der Waals surface area contributed by atoms with E-state index in [4.69, 9.17) is 0 Å². The molecule has 0 bridgehead atoms. The lowest BCUT2D eigenvalue weighted by atomic mass is 9.83. The van der Waals surface area contributed by atoms with E-state index in [1.807, 2.05) is 90.1 Å². The van der Waals surface area contributed by atoms with Crippen LogP contribution in [0.3, 0.4) is 0 Å². The molecular weight excluding hydrogens is 625 g/mol. The smallest absolute Gasteiger partial charge is 0.393 e. The Labute approximate surface area is 272 Å². The van der Waals surface area contributed by atoms with Gasteiger partial charge in [0.15, 0.2) is 5.70 Å². The van der Waals surface area contributed by atoms with E-state index < -0.39 is 6.97 Å². The topological polar surface area (TPSA) is 7.94 Å². The van der Waals surface area contributed by atoms with Gasteiger partial charge < -0.3 is 17.6 Å². The highest BCUT2D eigenvalue weighted by Crippen LogP contribution is 2.47. The van der Waals surface area contributed by atoms with Gasteiger partial charge in [-0.1, -0.05) is 86.4 Å². The minimum Gasteiger partial charge on any atom is -0.393 e. The number of benzene rings is 4. The van der Waals surface area contributed by atoms with Crippen molar-refractivity contribution < 1.29 is 13.1 Å². The molecule has 0 fully saturated rings. The Morgan fingerprint density at radius 2 is 1.36 bits per heavy atom. The molecule has 0 unspecified atom stereocenters.